The van der Waals surface area contributed by atoms with Crippen LogP contribution in [0.3, 0.4) is 0 Å². The molecule has 5 heteroatoms. The van der Waals surface area contributed by atoms with Crippen LogP contribution in [0.25, 0.3) is 0 Å². The molecule has 2 rings (SSSR count). The Balaban J connectivity index is 1.69. The summed E-state index contributed by atoms with van der Waals surface area (Å²) >= 11 is 0. The number of benzene rings is 2. The normalized spacial score (nSPS) is 10.4. The summed E-state index contributed by atoms with van der Waals surface area (Å²) in [4.78, 5) is 13.9. The monoisotopic (exact) mass is 315 g/mol. The van der Waals surface area contributed by atoms with Crippen LogP contribution in [0.4, 0.5) is 15.8 Å². The predicted molar refractivity (Wildman–Crippen MR) is 92.4 cm³/mol. The molecule has 122 valence electrons. The molecular formula is C18H22FN3O. The van der Waals surface area contributed by atoms with E-state index in [9.17, 15) is 9.18 Å². The Morgan fingerprint density at radius 2 is 1.70 bits per heavy atom. The fourth-order valence-electron chi connectivity index (χ4n) is 2.13. The molecule has 0 unspecified atom stereocenters. The molecular weight excluding hydrogens is 293 g/mol. The molecule has 0 fully saturated rings. The van der Waals surface area contributed by atoms with Crippen molar-refractivity contribution in [3.05, 3.63) is 59.9 Å². The van der Waals surface area contributed by atoms with Crippen LogP contribution in [0.5, 0.6) is 0 Å². The van der Waals surface area contributed by atoms with Gasteiger partial charge in [-0.2, -0.15) is 0 Å². The maximum atomic E-state index is 12.8. The smallest absolute Gasteiger partial charge is 0.238 e. The van der Waals surface area contributed by atoms with Gasteiger partial charge in [0.15, 0.2) is 0 Å². The number of nitrogens with one attached hydrogen (secondary N) is 2. The van der Waals surface area contributed by atoms with E-state index in [1.54, 1.807) is 12.1 Å². The van der Waals surface area contributed by atoms with Crippen molar-refractivity contribution in [2.45, 2.75) is 6.42 Å². The van der Waals surface area contributed by atoms with Gasteiger partial charge in [-0.1, -0.05) is 12.1 Å². The number of carbonyl (C=O) groups excluding carboxylic acids is 1. The molecule has 0 spiro atoms. The highest BCUT2D eigenvalue weighted by atomic mass is 19.1. The van der Waals surface area contributed by atoms with Crippen LogP contribution in [0.1, 0.15) is 5.56 Å². The fraction of sp³-hybridized carbons (Fsp3) is 0.278. The molecule has 0 aliphatic heterocycles. The van der Waals surface area contributed by atoms with Gasteiger partial charge in [-0.05, 0) is 54.9 Å². The number of hydrogen-bond donors (Lipinski definition) is 2. The van der Waals surface area contributed by atoms with Crippen molar-refractivity contribution >= 4 is 17.3 Å². The fourth-order valence-corrected chi connectivity index (χ4v) is 2.13. The summed E-state index contributed by atoms with van der Waals surface area (Å²) in [5, 5.41) is 5.93. The van der Waals surface area contributed by atoms with E-state index in [1.807, 2.05) is 43.3 Å². The summed E-state index contributed by atoms with van der Waals surface area (Å²) in [6.45, 7) is 0.912. The highest BCUT2D eigenvalue weighted by Gasteiger charge is 2.03. The predicted octanol–water partition coefficient (Wildman–Crippen LogP) is 2.66. The molecule has 0 atom stereocenters. The third-order valence-corrected chi connectivity index (χ3v) is 3.46. The summed E-state index contributed by atoms with van der Waals surface area (Å²) in [7, 11) is 3.94. The number of hydrogen-bond acceptors (Lipinski definition) is 3. The molecule has 0 aliphatic carbocycles. The molecule has 0 saturated carbocycles. The molecule has 0 bridgehead atoms. The van der Waals surface area contributed by atoms with Crippen LogP contribution in [-0.4, -0.2) is 33.1 Å². The Morgan fingerprint density at radius 1 is 1.04 bits per heavy atom. The minimum atomic E-state index is -0.235. The SMILES string of the molecule is CN(C)c1ccc(NC(=O)CNCCc2ccc(F)cc2)cc1. The van der Waals surface area contributed by atoms with Crippen LogP contribution in [0.15, 0.2) is 48.5 Å². The van der Waals surface area contributed by atoms with E-state index in [2.05, 4.69) is 10.6 Å². The van der Waals surface area contributed by atoms with E-state index in [0.29, 0.717) is 6.54 Å². The molecule has 23 heavy (non-hydrogen) atoms. The van der Waals surface area contributed by atoms with Gasteiger partial charge in [0.1, 0.15) is 5.82 Å². The Bertz CT molecular complexity index is 624. The highest BCUT2D eigenvalue weighted by molar-refractivity contribution is 5.92. The lowest BCUT2D eigenvalue weighted by molar-refractivity contribution is -0.115. The lowest BCUT2D eigenvalue weighted by Crippen LogP contribution is -2.29. The first-order chi connectivity index (χ1) is 11.0. The zero-order valence-corrected chi connectivity index (χ0v) is 13.5. The van der Waals surface area contributed by atoms with Crippen molar-refractivity contribution in [2.75, 3.05) is 37.4 Å². The van der Waals surface area contributed by atoms with Crippen LogP contribution in [0, 0.1) is 5.82 Å². The summed E-state index contributed by atoms with van der Waals surface area (Å²) in [6, 6.07) is 14.1. The number of amides is 1. The highest BCUT2D eigenvalue weighted by Crippen LogP contribution is 2.15. The summed E-state index contributed by atoms with van der Waals surface area (Å²) in [6.07, 6.45) is 0.755. The Labute approximate surface area is 136 Å². The molecule has 2 N–H and O–H groups in total. The standard InChI is InChI=1S/C18H22FN3O/c1-22(2)17-9-7-16(8-10-17)21-18(23)13-20-12-11-14-3-5-15(19)6-4-14/h3-10,20H,11-13H2,1-2H3,(H,21,23). The van der Waals surface area contributed by atoms with Crippen molar-refractivity contribution in [1.82, 2.24) is 5.32 Å². The number of carbonyl (C=O) groups is 1. The zero-order chi connectivity index (χ0) is 16.7. The van der Waals surface area contributed by atoms with E-state index < -0.39 is 0 Å². The topological polar surface area (TPSA) is 44.4 Å². The molecule has 0 heterocycles. The Morgan fingerprint density at radius 3 is 2.30 bits per heavy atom. The van der Waals surface area contributed by atoms with Gasteiger partial charge >= 0.3 is 0 Å². The summed E-state index contributed by atoms with van der Waals surface area (Å²) in [5.41, 5.74) is 2.90. The molecule has 1 amide bonds. The average molecular weight is 315 g/mol. The summed E-state index contributed by atoms with van der Waals surface area (Å²) in [5.74, 6) is -0.317. The van der Waals surface area contributed by atoms with Gasteiger partial charge in [-0.15, -0.1) is 0 Å². The maximum absolute atomic E-state index is 12.8. The van der Waals surface area contributed by atoms with Gasteiger partial charge in [0.05, 0.1) is 6.54 Å². The molecule has 0 aromatic heterocycles. The van der Waals surface area contributed by atoms with E-state index in [1.165, 1.54) is 12.1 Å². The molecule has 2 aromatic carbocycles. The molecule has 4 nitrogen and oxygen atoms in total. The van der Waals surface area contributed by atoms with Crippen LogP contribution in [-0.2, 0) is 11.2 Å². The zero-order valence-electron chi connectivity index (χ0n) is 13.5. The number of nitrogens with zero attached hydrogens (tertiary/aromatic N) is 1. The van der Waals surface area contributed by atoms with Crippen molar-refractivity contribution in [2.24, 2.45) is 0 Å². The van der Waals surface area contributed by atoms with Crippen LogP contribution >= 0.6 is 0 Å². The van der Waals surface area contributed by atoms with E-state index in [0.717, 1.165) is 23.4 Å². The second kappa shape index (κ2) is 8.29. The van der Waals surface area contributed by atoms with Gasteiger partial charge in [-0.3, -0.25) is 4.79 Å². The lowest BCUT2D eigenvalue weighted by atomic mass is 10.1. The van der Waals surface area contributed by atoms with Gasteiger partial charge in [0, 0.05) is 25.5 Å². The molecule has 2 aromatic rings. The first-order valence-corrected chi connectivity index (χ1v) is 7.57. The molecule has 0 saturated heterocycles. The van der Waals surface area contributed by atoms with Crippen molar-refractivity contribution in [3.8, 4) is 0 Å². The summed E-state index contributed by atoms with van der Waals surface area (Å²) < 4.78 is 12.8. The minimum Gasteiger partial charge on any atom is -0.378 e. The maximum Gasteiger partial charge on any atom is 0.238 e. The molecule has 0 aliphatic rings. The lowest BCUT2D eigenvalue weighted by Gasteiger charge is -2.13. The van der Waals surface area contributed by atoms with Gasteiger partial charge in [-0.25, -0.2) is 4.39 Å². The molecule has 0 radical (unpaired) electrons. The van der Waals surface area contributed by atoms with E-state index in [4.69, 9.17) is 0 Å². The first-order valence-electron chi connectivity index (χ1n) is 7.57. The number of halogens is 1. The van der Waals surface area contributed by atoms with Gasteiger partial charge in [0.2, 0.25) is 5.91 Å². The Hall–Kier alpha value is -2.40. The first kappa shape index (κ1) is 17.0. The van der Waals surface area contributed by atoms with Crippen LogP contribution in [0.2, 0.25) is 0 Å². The largest absolute Gasteiger partial charge is 0.378 e. The van der Waals surface area contributed by atoms with Crippen molar-refractivity contribution < 1.29 is 9.18 Å². The van der Waals surface area contributed by atoms with E-state index in [-0.39, 0.29) is 18.3 Å². The number of rotatable bonds is 7. The second-order valence-corrected chi connectivity index (χ2v) is 5.54. The third kappa shape index (κ3) is 5.71. The quantitative estimate of drug-likeness (QED) is 0.772. The second-order valence-electron chi connectivity index (χ2n) is 5.54. The van der Waals surface area contributed by atoms with Crippen molar-refractivity contribution in [3.63, 3.8) is 0 Å². The third-order valence-electron chi connectivity index (χ3n) is 3.46. The van der Waals surface area contributed by atoms with Crippen LogP contribution < -0.4 is 15.5 Å². The van der Waals surface area contributed by atoms with Gasteiger partial charge in [0.25, 0.3) is 0 Å². The Kier molecular flexibility index (Phi) is 6.11. The average Bonchev–Trinajstić information content (AvgIpc) is 2.54. The van der Waals surface area contributed by atoms with E-state index >= 15 is 0 Å². The number of anilines is 2. The van der Waals surface area contributed by atoms with Crippen molar-refractivity contribution in [1.29, 1.82) is 0 Å². The van der Waals surface area contributed by atoms with Gasteiger partial charge < -0.3 is 15.5 Å². The minimum absolute atomic E-state index is 0.0818.